The highest BCUT2D eigenvalue weighted by Crippen LogP contribution is 2.34. The maximum absolute atomic E-state index is 14.1. The Bertz CT molecular complexity index is 1420. The predicted octanol–water partition coefficient (Wildman–Crippen LogP) is 4.52. The van der Waals surface area contributed by atoms with Crippen LogP contribution in [0.5, 0.6) is 11.5 Å². The van der Waals surface area contributed by atoms with Crippen molar-refractivity contribution in [1.29, 1.82) is 0 Å². The third-order valence-electron chi connectivity index (χ3n) is 6.30. The molecule has 0 saturated heterocycles. The number of hydrogen-bond acceptors (Lipinski definition) is 6. The highest BCUT2D eigenvalue weighted by molar-refractivity contribution is 6.01. The molecule has 204 valence electrons. The molecular formula is C29H32FN5O4. The first-order chi connectivity index (χ1) is 18.8. The van der Waals surface area contributed by atoms with E-state index in [1.807, 2.05) is 18.2 Å². The van der Waals surface area contributed by atoms with Crippen LogP contribution in [0.1, 0.15) is 31.9 Å². The van der Waals surface area contributed by atoms with E-state index in [9.17, 15) is 14.0 Å². The molecule has 0 fully saturated rings. The van der Waals surface area contributed by atoms with Crippen LogP contribution in [0.2, 0.25) is 0 Å². The number of para-hydroxylation sites is 1. The summed E-state index contributed by atoms with van der Waals surface area (Å²) in [5.74, 6) is -0.0451. The van der Waals surface area contributed by atoms with Crippen molar-refractivity contribution < 1.29 is 23.5 Å². The molecule has 1 N–H and O–H groups in total. The lowest BCUT2D eigenvalue weighted by Gasteiger charge is -2.32. The number of aromatic nitrogens is 3. The molecule has 1 aromatic heterocycles. The molecule has 39 heavy (non-hydrogen) atoms. The third kappa shape index (κ3) is 6.51. The summed E-state index contributed by atoms with van der Waals surface area (Å²) in [6.07, 6.45) is 0.758. The number of anilines is 1. The Morgan fingerprint density at radius 2 is 1.67 bits per heavy atom. The fourth-order valence-electron chi connectivity index (χ4n) is 4.25. The Labute approximate surface area is 226 Å². The molecule has 2 amide bonds. The van der Waals surface area contributed by atoms with Gasteiger partial charge in [-0.2, -0.15) is 0 Å². The van der Waals surface area contributed by atoms with E-state index >= 15 is 0 Å². The molecule has 10 heteroatoms. The van der Waals surface area contributed by atoms with Crippen molar-refractivity contribution in [2.75, 3.05) is 25.7 Å². The third-order valence-corrected chi connectivity index (χ3v) is 6.30. The number of carbonyl (C=O) groups is 2. The van der Waals surface area contributed by atoms with Crippen LogP contribution >= 0.6 is 0 Å². The molecule has 0 aliphatic heterocycles. The summed E-state index contributed by atoms with van der Waals surface area (Å²) in [5.41, 5.74) is 2.13. The average molecular weight is 534 g/mol. The summed E-state index contributed by atoms with van der Waals surface area (Å²) < 4.78 is 26.3. The zero-order valence-electron chi connectivity index (χ0n) is 22.4. The summed E-state index contributed by atoms with van der Waals surface area (Å²) in [6.45, 7) is 4.34. The largest absolute Gasteiger partial charge is 0.497 e. The van der Waals surface area contributed by atoms with E-state index in [1.165, 1.54) is 48.1 Å². The Morgan fingerprint density at radius 3 is 2.31 bits per heavy atom. The molecule has 0 radical (unpaired) electrons. The zero-order valence-corrected chi connectivity index (χ0v) is 22.4. The number of rotatable bonds is 11. The normalized spacial score (nSPS) is 11.8. The van der Waals surface area contributed by atoms with Gasteiger partial charge in [0.05, 0.1) is 25.4 Å². The van der Waals surface area contributed by atoms with Gasteiger partial charge in [0, 0.05) is 24.7 Å². The Hall–Kier alpha value is -4.47. The summed E-state index contributed by atoms with van der Waals surface area (Å²) in [5, 5.41) is 11.3. The zero-order chi connectivity index (χ0) is 27.9. The predicted molar refractivity (Wildman–Crippen MR) is 146 cm³/mol. The Kier molecular flexibility index (Phi) is 8.75. The second-order valence-corrected chi connectivity index (χ2v) is 9.50. The van der Waals surface area contributed by atoms with Gasteiger partial charge >= 0.3 is 0 Å². The SMILES string of the molecule is COc1cc(OC)cc(N(C(=O)Cn2nnc3ccccc32)[C@H](C(=O)NCCC(C)C)c2ccc(F)cc2)c1. The first-order valence-electron chi connectivity index (χ1n) is 12.7. The average Bonchev–Trinajstić information content (AvgIpc) is 3.34. The number of amides is 2. The van der Waals surface area contributed by atoms with Gasteiger partial charge in [0.1, 0.15) is 35.4 Å². The maximum Gasteiger partial charge on any atom is 0.249 e. The monoisotopic (exact) mass is 533 g/mol. The number of nitrogens with zero attached hydrogens (tertiary/aromatic N) is 4. The van der Waals surface area contributed by atoms with Gasteiger partial charge in [-0.05, 0) is 42.2 Å². The van der Waals surface area contributed by atoms with E-state index in [1.54, 1.807) is 24.3 Å². The van der Waals surface area contributed by atoms with Crippen molar-refractivity contribution in [1.82, 2.24) is 20.3 Å². The van der Waals surface area contributed by atoms with Crippen LogP contribution in [-0.2, 0) is 16.1 Å². The summed E-state index contributed by atoms with van der Waals surface area (Å²) in [7, 11) is 3.00. The molecule has 0 bridgehead atoms. The summed E-state index contributed by atoms with van der Waals surface area (Å²) >= 11 is 0. The van der Waals surface area contributed by atoms with Gasteiger partial charge in [-0.15, -0.1) is 5.10 Å². The number of fused-ring (bicyclic) bond motifs is 1. The van der Waals surface area contributed by atoms with Crippen molar-refractivity contribution in [3.8, 4) is 11.5 Å². The second-order valence-electron chi connectivity index (χ2n) is 9.50. The lowest BCUT2D eigenvalue weighted by Crippen LogP contribution is -2.45. The highest BCUT2D eigenvalue weighted by atomic mass is 19.1. The number of carbonyl (C=O) groups excluding carboxylic acids is 2. The quantitative estimate of drug-likeness (QED) is 0.304. The first kappa shape index (κ1) is 27.6. The molecule has 3 aromatic carbocycles. The van der Waals surface area contributed by atoms with E-state index in [-0.39, 0.29) is 6.54 Å². The van der Waals surface area contributed by atoms with Gasteiger partial charge < -0.3 is 14.8 Å². The highest BCUT2D eigenvalue weighted by Gasteiger charge is 2.34. The minimum absolute atomic E-state index is 0.197. The molecule has 0 unspecified atom stereocenters. The molecule has 0 aliphatic rings. The van der Waals surface area contributed by atoms with Gasteiger partial charge in [0.15, 0.2) is 0 Å². The number of methoxy groups -OCH3 is 2. The molecule has 9 nitrogen and oxygen atoms in total. The van der Waals surface area contributed by atoms with Crippen molar-refractivity contribution in [3.05, 3.63) is 78.1 Å². The molecule has 0 aliphatic carbocycles. The molecule has 1 atom stereocenters. The Morgan fingerprint density at radius 1 is 1.00 bits per heavy atom. The second kappa shape index (κ2) is 12.4. The van der Waals surface area contributed by atoms with Gasteiger partial charge in [0.2, 0.25) is 11.8 Å². The molecule has 0 spiro atoms. The number of hydrogen-bond donors (Lipinski definition) is 1. The van der Waals surface area contributed by atoms with Crippen LogP contribution in [0.15, 0.2) is 66.7 Å². The van der Waals surface area contributed by atoms with Gasteiger partial charge in [-0.1, -0.05) is 43.3 Å². The minimum Gasteiger partial charge on any atom is -0.497 e. The van der Waals surface area contributed by atoms with Crippen LogP contribution in [0.25, 0.3) is 11.0 Å². The van der Waals surface area contributed by atoms with Gasteiger partial charge in [-0.25, -0.2) is 9.07 Å². The van der Waals surface area contributed by atoms with Crippen molar-refractivity contribution in [2.45, 2.75) is 32.9 Å². The molecular weight excluding hydrogens is 501 g/mol. The molecule has 1 heterocycles. The van der Waals surface area contributed by atoms with Crippen molar-refractivity contribution in [2.24, 2.45) is 5.92 Å². The molecule has 0 saturated carbocycles. The number of halogens is 1. The fraction of sp³-hybridized carbons (Fsp3) is 0.310. The van der Waals surface area contributed by atoms with Gasteiger partial charge in [-0.3, -0.25) is 14.5 Å². The van der Waals surface area contributed by atoms with Gasteiger partial charge in [0.25, 0.3) is 0 Å². The van der Waals surface area contributed by atoms with Crippen LogP contribution in [0.3, 0.4) is 0 Å². The lowest BCUT2D eigenvalue weighted by atomic mass is 10.0. The lowest BCUT2D eigenvalue weighted by molar-refractivity contribution is -0.127. The van der Waals surface area contributed by atoms with E-state index in [2.05, 4.69) is 29.5 Å². The molecule has 4 aromatic rings. The van der Waals surface area contributed by atoms with Crippen LogP contribution in [-0.4, -0.2) is 47.6 Å². The van der Waals surface area contributed by atoms with Crippen molar-refractivity contribution in [3.63, 3.8) is 0 Å². The summed E-state index contributed by atoms with van der Waals surface area (Å²) in [4.78, 5) is 29.3. The van der Waals surface area contributed by atoms with Crippen LogP contribution < -0.4 is 19.7 Å². The first-order valence-corrected chi connectivity index (χ1v) is 12.7. The smallest absolute Gasteiger partial charge is 0.249 e. The standard InChI is InChI=1S/C29H32FN5O4/c1-19(2)13-14-31-29(37)28(20-9-11-21(30)12-10-20)35(22-15-23(38-3)17-24(16-22)39-4)27(36)18-34-26-8-6-5-7-25(26)32-33-34/h5-12,15-17,19,28H,13-14,18H2,1-4H3,(H,31,37)/t28-/m0/s1. The number of ether oxygens (including phenoxy) is 2. The van der Waals surface area contributed by atoms with E-state index in [0.29, 0.717) is 46.2 Å². The topological polar surface area (TPSA) is 98.6 Å². The minimum atomic E-state index is -1.11. The van der Waals surface area contributed by atoms with E-state index in [0.717, 1.165) is 6.42 Å². The maximum atomic E-state index is 14.1. The van der Waals surface area contributed by atoms with Crippen LogP contribution in [0.4, 0.5) is 10.1 Å². The Balaban J connectivity index is 1.83. The number of benzene rings is 3. The fourth-order valence-corrected chi connectivity index (χ4v) is 4.25. The van der Waals surface area contributed by atoms with Crippen LogP contribution in [0, 0.1) is 11.7 Å². The van der Waals surface area contributed by atoms with E-state index in [4.69, 9.17) is 9.47 Å². The number of nitrogens with one attached hydrogen (secondary N) is 1. The summed E-state index contributed by atoms with van der Waals surface area (Å²) in [6, 6.07) is 16.7. The molecule has 4 rings (SSSR count). The van der Waals surface area contributed by atoms with E-state index < -0.39 is 23.7 Å². The van der Waals surface area contributed by atoms with Crippen molar-refractivity contribution >= 4 is 28.5 Å².